The zero-order chi connectivity index (χ0) is 11.5. The van der Waals surface area contributed by atoms with Crippen molar-refractivity contribution in [2.45, 2.75) is 59.8 Å². The molecule has 0 heterocycles. The number of carbonyl (C=O) groups is 1. The van der Waals surface area contributed by atoms with Crippen molar-refractivity contribution in [3.05, 3.63) is 11.6 Å². The van der Waals surface area contributed by atoms with E-state index in [0.717, 1.165) is 32.1 Å². The van der Waals surface area contributed by atoms with E-state index >= 15 is 0 Å². The molecule has 0 fully saturated rings. The lowest BCUT2D eigenvalue weighted by molar-refractivity contribution is -0.125. The van der Waals surface area contributed by atoms with Crippen LogP contribution in [0.1, 0.15) is 59.8 Å². The fraction of sp³-hybridized carbons (Fsp3) is 0.786. The average Bonchev–Trinajstić information content (AvgIpc) is 2.13. The Bertz CT molecular complexity index is 261. The highest BCUT2D eigenvalue weighted by Gasteiger charge is 2.36. The van der Waals surface area contributed by atoms with Crippen LogP contribution in [0.2, 0.25) is 0 Å². The van der Waals surface area contributed by atoms with Crippen LogP contribution in [0.3, 0.4) is 0 Å². The molecule has 0 aromatic carbocycles. The highest BCUT2D eigenvalue weighted by atomic mass is 16.1. The van der Waals surface area contributed by atoms with Gasteiger partial charge in [-0.25, -0.2) is 0 Å². The van der Waals surface area contributed by atoms with Gasteiger partial charge in [0, 0.05) is 12.3 Å². The van der Waals surface area contributed by atoms with Gasteiger partial charge in [0.2, 0.25) is 0 Å². The summed E-state index contributed by atoms with van der Waals surface area (Å²) >= 11 is 0. The minimum absolute atomic E-state index is 0.170. The first kappa shape index (κ1) is 12.5. The van der Waals surface area contributed by atoms with E-state index in [1.807, 2.05) is 0 Å². The summed E-state index contributed by atoms with van der Waals surface area (Å²) in [6.45, 7) is 8.73. The fourth-order valence-electron chi connectivity index (χ4n) is 2.74. The molecule has 0 saturated carbocycles. The number of allylic oxidation sites excluding steroid dienone is 2. The molecule has 15 heavy (non-hydrogen) atoms. The summed E-state index contributed by atoms with van der Waals surface area (Å²) in [5.41, 5.74) is 1.47. The molecule has 0 saturated heterocycles. The Balaban J connectivity index is 2.75. The third-order valence-corrected chi connectivity index (χ3v) is 3.59. The lowest BCUT2D eigenvalue weighted by Crippen LogP contribution is -2.34. The first-order chi connectivity index (χ1) is 6.99. The molecule has 1 nitrogen and oxygen atoms in total. The van der Waals surface area contributed by atoms with Gasteiger partial charge in [-0.1, -0.05) is 38.8 Å². The Labute approximate surface area is 93.9 Å². The van der Waals surface area contributed by atoms with Gasteiger partial charge < -0.3 is 0 Å². The summed E-state index contributed by atoms with van der Waals surface area (Å²) < 4.78 is 0. The van der Waals surface area contributed by atoms with Gasteiger partial charge in [0.25, 0.3) is 0 Å². The molecule has 1 heteroatoms. The summed E-state index contributed by atoms with van der Waals surface area (Å²) in [4.78, 5) is 12.1. The van der Waals surface area contributed by atoms with Crippen LogP contribution in [0.4, 0.5) is 0 Å². The van der Waals surface area contributed by atoms with E-state index in [1.165, 1.54) is 5.57 Å². The highest BCUT2D eigenvalue weighted by Crippen LogP contribution is 2.41. The van der Waals surface area contributed by atoms with Crippen LogP contribution in [0, 0.1) is 11.3 Å². The predicted octanol–water partition coefficient (Wildman–Crippen LogP) is 4.13. The number of Topliss-reactive ketones (excluding diaryl/α,β-unsaturated/α-hetero) is 1. The van der Waals surface area contributed by atoms with Crippen LogP contribution in [-0.4, -0.2) is 5.78 Å². The molecule has 86 valence electrons. The molecule has 1 aliphatic carbocycles. The Morgan fingerprint density at radius 3 is 2.73 bits per heavy atom. The van der Waals surface area contributed by atoms with Gasteiger partial charge in [0.05, 0.1) is 0 Å². The molecule has 0 aromatic rings. The van der Waals surface area contributed by atoms with E-state index in [4.69, 9.17) is 0 Å². The number of hydrogen-bond acceptors (Lipinski definition) is 1. The van der Waals surface area contributed by atoms with Gasteiger partial charge in [-0.05, 0) is 31.6 Å². The normalized spacial score (nSPS) is 24.8. The number of hydrogen-bond donors (Lipinski definition) is 0. The lowest BCUT2D eigenvalue weighted by Gasteiger charge is -2.37. The number of carbonyl (C=O) groups excluding carboxylic acids is 1. The van der Waals surface area contributed by atoms with E-state index in [9.17, 15) is 4.79 Å². The standard InChI is InChI=1S/C14H24O/c1-5-6-9-12(15)13-11(2)8-7-10-14(13,3)4/h8,13H,5-7,9-10H2,1-4H3. The quantitative estimate of drug-likeness (QED) is 0.635. The van der Waals surface area contributed by atoms with Gasteiger partial charge in [-0.3, -0.25) is 4.79 Å². The minimum atomic E-state index is 0.170. The third kappa shape index (κ3) is 2.93. The summed E-state index contributed by atoms with van der Waals surface area (Å²) in [6.07, 6.45) is 7.44. The summed E-state index contributed by atoms with van der Waals surface area (Å²) in [5.74, 6) is 0.633. The fourth-order valence-corrected chi connectivity index (χ4v) is 2.74. The van der Waals surface area contributed by atoms with Crippen molar-refractivity contribution in [1.82, 2.24) is 0 Å². The molecule has 0 bridgehead atoms. The van der Waals surface area contributed by atoms with Gasteiger partial charge >= 0.3 is 0 Å². The Hall–Kier alpha value is -0.590. The predicted molar refractivity (Wildman–Crippen MR) is 64.8 cm³/mol. The van der Waals surface area contributed by atoms with Crippen LogP contribution in [0.15, 0.2) is 11.6 Å². The molecule has 0 amide bonds. The maximum absolute atomic E-state index is 12.1. The number of rotatable bonds is 4. The molecule has 0 N–H and O–H groups in total. The van der Waals surface area contributed by atoms with E-state index in [1.54, 1.807) is 0 Å². The van der Waals surface area contributed by atoms with Crippen LogP contribution in [0.25, 0.3) is 0 Å². The maximum atomic E-state index is 12.1. The summed E-state index contributed by atoms with van der Waals surface area (Å²) in [5, 5.41) is 0. The van der Waals surface area contributed by atoms with Crippen LogP contribution in [0.5, 0.6) is 0 Å². The van der Waals surface area contributed by atoms with Gasteiger partial charge in [-0.15, -0.1) is 0 Å². The largest absolute Gasteiger partial charge is 0.299 e. The number of ketones is 1. The minimum Gasteiger partial charge on any atom is -0.299 e. The Morgan fingerprint density at radius 2 is 2.20 bits per heavy atom. The Kier molecular flexibility index (Phi) is 4.12. The second kappa shape index (κ2) is 4.96. The van der Waals surface area contributed by atoms with Crippen molar-refractivity contribution in [2.24, 2.45) is 11.3 Å². The molecule has 1 atom stereocenters. The van der Waals surface area contributed by atoms with Gasteiger partial charge in [0.15, 0.2) is 0 Å². The first-order valence-electron chi connectivity index (χ1n) is 6.18. The van der Waals surface area contributed by atoms with Gasteiger partial charge in [-0.2, -0.15) is 0 Å². The zero-order valence-corrected chi connectivity index (χ0v) is 10.6. The van der Waals surface area contributed by atoms with Crippen LogP contribution >= 0.6 is 0 Å². The number of unbranched alkanes of at least 4 members (excludes halogenated alkanes) is 1. The first-order valence-corrected chi connectivity index (χ1v) is 6.18. The van der Waals surface area contributed by atoms with Crippen molar-refractivity contribution in [2.75, 3.05) is 0 Å². The zero-order valence-electron chi connectivity index (χ0n) is 10.6. The lowest BCUT2D eigenvalue weighted by atomic mass is 9.66. The van der Waals surface area contributed by atoms with Crippen molar-refractivity contribution in [1.29, 1.82) is 0 Å². The van der Waals surface area contributed by atoms with Crippen molar-refractivity contribution in [3.63, 3.8) is 0 Å². The van der Waals surface area contributed by atoms with Crippen LogP contribution < -0.4 is 0 Å². The molecule has 0 aromatic heterocycles. The van der Waals surface area contributed by atoms with Gasteiger partial charge in [0.1, 0.15) is 5.78 Å². The molecule has 1 unspecified atom stereocenters. The average molecular weight is 208 g/mol. The molecule has 1 aliphatic rings. The molecular formula is C14H24O. The monoisotopic (exact) mass is 208 g/mol. The topological polar surface area (TPSA) is 17.1 Å². The van der Waals surface area contributed by atoms with Crippen molar-refractivity contribution >= 4 is 5.78 Å². The van der Waals surface area contributed by atoms with E-state index in [2.05, 4.69) is 33.8 Å². The highest BCUT2D eigenvalue weighted by molar-refractivity contribution is 5.84. The van der Waals surface area contributed by atoms with Crippen molar-refractivity contribution in [3.8, 4) is 0 Å². The molecule has 1 rings (SSSR count). The molecule has 0 spiro atoms. The smallest absolute Gasteiger partial charge is 0.140 e. The second-order valence-corrected chi connectivity index (χ2v) is 5.48. The van der Waals surface area contributed by atoms with E-state index < -0.39 is 0 Å². The molecule has 0 radical (unpaired) electrons. The SMILES string of the molecule is CCCCC(=O)C1C(C)=CCCC1(C)C. The van der Waals surface area contributed by atoms with E-state index in [0.29, 0.717) is 5.78 Å². The van der Waals surface area contributed by atoms with E-state index in [-0.39, 0.29) is 11.3 Å². The van der Waals surface area contributed by atoms with Crippen LogP contribution in [-0.2, 0) is 4.79 Å². The molecular weight excluding hydrogens is 184 g/mol. The summed E-state index contributed by atoms with van der Waals surface area (Å²) in [7, 11) is 0. The third-order valence-electron chi connectivity index (χ3n) is 3.59. The molecule has 0 aliphatic heterocycles. The Morgan fingerprint density at radius 1 is 1.53 bits per heavy atom. The summed E-state index contributed by atoms with van der Waals surface area (Å²) in [6, 6.07) is 0. The second-order valence-electron chi connectivity index (χ2n) is 5.48. The maximum Gasteiger partial charge on any atom is 0.140 e. The van der Waals surface area contributed by atoms with Crippen molar-refractivity contribution < 1.29 is 4.79 Å².